The minimum Gasteiger partial charge on any atom is -0.496 e. The third kappa shape index (κ3) is 3.60. The van der Waals surface area contributed by atoms with Crippen LogP contribution < -0.4 is 9.47 Å². The van der Waals surface area contributed by atoms with Gasteiger partial charge in [-0.25, -0.2) is 4.98 Å². The summed E-state index contributed by atoms with van der Waals surface area (Å²) in [5.41, 5.74) is 5.38. The number of pyridine rings is 1. The van der Waals surface area contributed by atoms with Gasteiger partial charge < -0.3 is 9.47 Å². The summed E-state index contributed by atoms with van der Waals surface area (Å²) in [6, 6.07) is 1.86. The number of carbonyl (C=O) groups excluding carboxylic acids is 1. The summed E-state index contributed by atoms with van der Waals surface area (Å²) in [5.74, 6) is 1.43. The second kappa shape index (κ2) is 8.55. The number of nitrogens with zero attached hydrogens (tertiary/aromatic N) is 3. The van der Waals surface area contributed by atoms with E-state index < -0.39 is 10.8 Å². The van der Waals surface area contributed by atoms with Crippen molar-refractivity contribution in [3.63, 3.8) is 0 Å². The summed E-state index contributed by atoms with van der Waals surface area (Å²) in [5, 5.41) is 0.230. The Morgan fingerprint density at radius 1 is 1.07 bits per heavy atom. The Hall–Kier alpha value is -2.74. The van der Waals surface area contributed by atoms with Crippen molar-refractivity contribution in [2.75, 3.05) is 14.2 Å². The molecule has 8 heteroatoms. The molecule has 0 radical (unpaired) electrons. The van der Waals surface area contributed by atoms with Crippen LogP contribution >= 0.6 is 0 Å². The second-order valence-electron chi connectivity index (χ2n) is 7.23. The molecule has 160 valence electrons. The van der Waals surface area contributed by atoms with Crippen LogP contribution in [0.25, 0.3) is 11.0 Å². The van der Waals surface area contributed by atoms with Gasteiger partial charge in [0, 0.05) is 29.3 Å². The van der Waals surface area contributed by atoms with Gasteiger partial charge in [0.1, 0.15) is 11.5 Å². The molecule has 7 nitrogen and oxygen atoms in total. The first-order valence-corrected chi connectivity index (χ1v) is 11.0. The van der Waals surface area contributed by atoms with Gasteiger partial charge in [-0.2, -0.15) is 0 Å². The van der Waals surface area contributed by atoms with Gasteiger partial charge in [-0.1, -0.05) is 6.92 Å². The summed E-state index contributed by atoms with van der Waals surface area (Å²) >= 11 is 0. The van der Waals surface area contributed by atoms with E-state index in [-0.39, 0.29) is 23.2 Å². The van der Waals surface area contributed by atoms with Gasteiger partial charge in [-0.15, -0.1) is 0 Å². The van der Waals surface area contributed by atoms with E-state index in [0.717, 1.165) is 28.0 Å². The molecule has 0 spiro atoms. The molecule has 0 amide bonds. The van der Waals surface area contributed by atoms with E-state index in [1.807, 2.05) is 33.8 Å². The fourth-order valence-electron chi connectivity index (χ4n) is 3.77. The molecular formula is C22H27N3O4S. The molecule has 0 aliphatic carbocycles. The van der Waals surface area contributed by atoms with Crippen LogP contribution in [-0.4, -0.2) is 38.9 Å². The molecule has 0 aliphatic rings. The number of hydrogen-bond donors (Lipinski definition) is 0. The van der Waals surface area contributed by atoms with E-state index in [1.165, 1.54) is 4.57 Å². The van der Waals surface area contributed by atoms with Gasteiger partial charge in [0.05, 0.1) is 47.5 Å². The molecule has 0 saturated carbocycles. The SMILES string of the molecule is CCC(=O)n1c(S(=O)Cc2ncc(C)c(OC)c2C)nc2c(C)c(OC)c(C)cc21. The highest BCUT2D eigenvalue weighted by atomic mass is 32.2. The summed E-state index contributed by atoms with van der Waals surface area (Å²) in [6.45, 7) is 9.40. The van der Waals surface area contributed by atoms with E-state index >= 15 is 0 Å². The second-order valence-corrected chi connectivity index (χ2v) is 8.58. The lowest BCUT2D eigenvalue weighted by molar-refractivity contribution is 0.0903. The monoisotopic (exact) mass is 429 g/mol. The van der Waals surface area contributed by atoms with Crippen molar-refractivity contribution < 1.29 is 18.5 Å². The topological polar surface area (TPSA) is 83.3 Å². The lowest BCUT2D eigenvalue weighted by atomic mass is 10.1. The number of aryl methyl sites for hydroxylation is 3. The van der Waals surface area contributed by atoms with Crippen LogP contribution in [0, 0.1) is 27.7 Å². The van der Waals surface area contributed by atoms with Crippen LogP contribution in [-0.2, 0) is 16.6 Å². The van der Waals surface area contributed by atoms with Crippen LogP contribution in [0.1, 0.15) is 46.1 Å². The minimum atomic E-state index is -1.58. The quantitative estimate of drug-likeness (QED) is 0.588. The van der Waals surface area contributed by atoms with Crippen LogP contribution in [0.2, 0.25) is 0 Å². The summed E-state index contributed by atoms with van der Waals surface area (Å²) in [7, 11) is 1.63. The summed E-state index contributed by atoms with van der Waals surface area (Å²) in [4.78, 5) is 21.8. The Balaban J connectivity index is 2.17. The van der Waals surface area contributed by atoms with E-state index in [9.17, 15) is 9.00 Å². The number of benzene rings is 1. The smallest absolute Gasteiger partial charge is 0.232 e. The van der Waals surface area contributed by atoms with Crippen molar-refractivity contribution in [1.29, 1.82) is 0 Å². The first-order chi connectivity index (χ1) is 14.2. The maximum Gasteiger partial charge on any atom is 0.232 e. The molecule has 0 fully saturated rings. The Kier molecular flexibility index (Phi) is 6.26. The highest BCUT2D eigenvalue weighted by Crippen LogP contribution is 2.33. The van der Waals surface area contributed by atoms with E-state index in [2.05, 4.69) is 9.97 Å². The third-order valence-electron chi connectivity index (χ3n) is 5.27. The molecule has 2 aromatic heterocycles. The van der Waals surface area contributed by atoms with Gasteiger partial charge in [0.15, 0.2) is 0 Å². The van der Waals surface area contributed by atoms with Crippen LogP contribution in [0.3, 0.4) is 0 Å². The van der Waals surface area contributed by atoms with Crippen molar-refractivity contribution in [2.24, 2.45) is 0 Å². The van der Waals surface area contributed by atoms with Crippen molar-refractivity contribution >= 4 is 27.7 Å². The minimum absolute atomic E-state index is 0.137. The standard InChI is InChI=1S/C22H27N3O4S/c1-8-18(26)25-17-9-12(2)20(28-6)15(5)19(17)24-22(25)30(27)11-16-14(4)21(29-7)13(3)10-23-16/h9-10H,8,11H2,1-7H3. The molecule has 3 aromatic rings. The first kappa shape index (κ1) is 22.0. The Bertz CT molecular complexity index is 1170. The highest BCUT2D eigenvalue weighted by Gasteiger charge is 2.25. The molecule has 1 aromatic carbocycles. The molecule has 0 aliphatic heterocycles. The van der Waals surface area contributed by atoms with E-state index in [0.29, 0.717) is 22.5 Å². The largest absolute Gasteiger partial charge is 0.496 e. The molecule has 0 N–H and O–H groups in total. The van der Waals surface area contributed by atoms with Crippen molar-refractivity contribution in [1.82, 2.24) is 14.5 Å². The molecule has 30 heavy (non-hydrogen) atoms. The molecule has 3 rings (SSSR count). The van der Waals surface area contributed by atoms with Gasteiger partial charge in [0.25, 0.3) is 0 Å². The summed E-state index contributed by atoms with van der Waals surface area (Å²) < 4.78 is 25.8. The Morgan fingerprint density at radius 2 is 1.70 bits per heavy atom. The zero-order chi connectivity index (χ0) is 22.2. The number of rotatable bonds is 6. The van der Waals surface area contributed by atoms with Crippen molar-refractivity contribution in [2.45, 2.75) is 51.9 Å². The fraction of sp³-hybridized carbons (Fsp3) is 0.409. The number of aromatic nitrogens is 3. The predicted octanol–water partition coefficient (Wildman–Crippen LogP) is 4.04. The molecule has 1 unspecified atom stereocenters. The highest BCUT2D eigenvalue weighted by molar-refractivity contribution is 7.84. The van der Waals surface area contributed by atoms with Crippen molar-refractivity contribution in [3.8, 4) is 11.5 Å². The summed E-state index contributed by atoms with van der Waals surface area (Å²) in [6.07, 6.45) is 1.98. The molecular weight excluding hydrogens is 402 g/mol. The lowest BCUT2D eigenvalue weighted by Crippen LogP contribution is -2.15. The molecule has 0 bridgehead atoms. The van der Waals surface area contributed by atoms with E-state index in [4.69, 9.17) is 9.47 Å². The molecule has 2 heterocycles. The van der Waals surface area contributed by atoms with Gasteiger partial charge in [0.2, 0.25) is 11.1 Å². The van der Waals surface area contributed by atoms with Gasteiger partial charge in [-0.05, 0) is 39.3 Å². The van der Waals surface area contributed by atoms with Gasteiger partial charge >= 0.3 is 0 Å². The van der Waals surface area contributed by atoms with Crippen molar-refractivity contribution in [3.05, 3.63) is 40.2 Å². The van der Waals surface area contributed by atoms with E-state index in [1.54, 1.807) is 27.3 Å². The van der Waals surface area contributed by atoms with Crippen LogP contribution in [0.5, 0.6) is 11.5 Å². The number of imidazole rings is 1. The number of methoxy groups -OCH3 is 2. The first-order valence-electron chi connectivity index (χ1n) is 9.72. The Labute approximate surface area is 178 Å². The average molecular weight is 430 g/mol. The fourth-order valence-corrected chi connectivity index (χ4v) is 5.03. The zero-order valence-corrected chi connectivity index (χ0v) is 19.3. The average Bonchev–Trinajstić information content (AvgIpc) is 3.10. The number of ether oxygens (including phenoxy) is 2. The number of carbonyl (C=O) groups is 1. The molecule has 1 atom stereocenters. The normalized spacial score (nSPS) is 12.2. The van der Waals surface area contributed by atoms with Gasteiger partial charge in [-0.3, -0.25) is 18.6 Å². The zero-order valence-electron chi connectivity index (χ0n) is 18.5. The number of hydrogen-bond acceptors (Lipinski definition) is 6. The predicted molar refractivity (Wildman–Crippen MR) is 117 cm³/mol. The third-order valence-corrected chi connectivity index (χ3v) is 6.48. The Morgan fingerprint density at radius 3 is 2.30 bits per heavy atom. The lowest BCUT2D eigenvalue weighted by Gasteiger charge is -2.12. The number of fused-ring (bicyclic) bond motifs is 1. The van der Waals surface area contributed by atoms with Crippen LogP contribution in [0.15, 0.2) is 17.4 Å². The molecule has 0 saturated heterocycles. The maximum atomic E-state index is 13.4. The van der Waals surface area contributed by atoms with Crippen LogP contribution in [0.4, 0.5) is 0 Å². The maximum absolute atomic E-state index is 13.4.